The number of methoxy groups -OCH3 is 1. The molecule has 0 aliphatic heterocycles. The lowest BCUT2D eigenvalue weighted by Crippen LogP contribution is -2.38. The highest BCUT2D eigenvalue weighted by Crippen LogP contribution is 2.42. The minimum Gasteiger partial charge on any atom is -0.494 e. The number of anilines is 3. The largest absolute Gasteiger partial charge is 0.494 e. The van der Waals surface area contributed by atoms with E-state index >= 15 is 0 Å². The van der Waals surface area contributed by atoms with Gasteiger partial charge in [-0.05, 0) is 30.9 Å². The summed E-state index contributed by atoms with van der Waals surface area (Å²) in [6, 6.07) is 3.47. The van der Waals surface area contributed by atoms with Crippen molar-refractivity contribution >= 4 is 67.3 Å². The predicted molar refractivity (Wildman–Crippen MR) is 128 cm³/mol. The summed E-state index contributed by atoms with van der Waals surface area (Å²) in [6.45, 7) is 0. The average molecular weight is 494 g/mol. The molecule has 0 spiro atoms. The Labute approximate surface area is 195 Å². The molecule has 2 aromatic heterocycles. The van der Waals surface area contributed by atoms with Crippen molar-refractivity contribution < 1.29 is 17.9 Å². The number of thiol groups is 1. The van der Waals surface area contributed by atoms with Crippen LogP contribution in [0.25, 0.3) is 10.2 Å². The van der Waals surface area contributed by atoms with Crippen molar-refractivity contribution in [3.63, 3.8) is 0 Å². The summed E-state index contributed by atoms with van der Waals surface area (Å²) in [5.74, 6) is 0.420. The summed E-state index contributed by atoms with van der Waals surface area (Å²) >= 11 is 5.90. The molecule has 1 amide bonds. The number of amides is 1. The van der Waals surface area contributed by atoms with E-state index in [-0.39, 0.29) is 11.8 Å². The van der Waals surface area contributed by atoms with Crippen LogP contribution < -0.4 is 15.8 Å². The number of hydrogen-bond donors (Lipinski definition) is 3. The van der Waals surface area contributed by atoms with Crippen LogP contribution in [0.4, 0.5) is 17.2 Å². The van der Waals surface area contributed by atoms with Crippen LogP contribution in [0.3, 0.4) is 0 Å². The van der Waals surface area contributed by atoms with Crippen molar-refractivity contribution in [1.82, 2.24) is 14.3 Å². The number of nitrogens with two attached hydrogens (primary N) is 1. The summed E-state index contributed by atoms with van der Waals surface area (Å²) in [7, 11) is -0.713. The standard InChI is InChI=1S/C20H23N5O4S3/c1-25(32(3,27)28)20(26)10-4-5-11-16(6-10)31-19-17(11)18(22-9-23-19)24-13-8-15(30)12(21)7-14(13)29-2/h7-10,30H,4-6,21H2,1-3H3,(H,22,23,24). The first-order valence-corrected chi connectivity index (χ1v) is 12.9. The minimum absolute atomic E-state index is 0.382. The normalized spacial score (nSPS) is 15.9. The van der Waals surface area contributed by atoms with Gasteiger partial charge in [0.05, 0.1) is 24.4 Å². The number of thiophene rings is 1. The Morgan fingerprint density at radius 2 is 2.12 bits per heavy atom. The molecule has 0 saturated carbocycles. The predicted octanol–water partition coefficient (Wildman–Crippen LogP) is 2.84. The van der Waals surface area contributed by atoms with Crippen LogP contribution >= 0.6 is 24.0 Å². The fourth-order valence-corrected chi connectivity index (χ4v) is 5.75. The number of aromatic nitrogens is 2. The maximum atomic E-state index is 12.7. The van der Waals surface area contributed by atoms with Crippen LogP contribution in [0, 0.1) is 5.92 Å². The zero-order valence-electron chi connectivity index (χ0n) is 17.7. The van der Waals surface area contributed by atoms with Crippen LogP contribution in [-0.4, -0.2) is 49.0 Å². The first-order valence-electron chi connectivity index (χ1n) is 9.76. The van der Waals surface area contributed by atoms with E-state index in [0.29, 0.717) is 47.1 Å². The SMILES string of the molecule is COc1cc(N)c(S)cc1Nc1ncnc2sc3c(c12)CCC(C(=O)N(C)S(C)(=O)=O)C3. The second kappa shape index (κ2) is 8.41. The Balaban J connectivity index is 1.69. The highest BCUT2D eigenvalue weighted by Gasteiger charge is 2.33. The minimum atomic E-state index is -3.58. The molecule has 0 saturated heterocycles. The van der Waals surface area contributed by atoms with Gasteiger partial charge in [0, 0.05) is 34.5 Å². The third-order valence-electron chi connectivity index (χ3n) is 5.60. The summed E-state index contributed by atoms with van der Waals surface area (Å²) in [5, 5.41) is 4.21. The number of benzene rings is 1. The molecule has 32 heavy (non-hydrogen) atoms. The van der Waals surface area contributed by atoms with E-state index in [4.69, 9.17) is 10.5 Å². The maximum absolute atomic E-state index is 12.7. The van der Waals surface area contributed by atoms with E-state index in [1.54, 1.807) is 19.2 Å². The summed E-state index contributed by atoms with van der Waals surface area (Å²) in [6.07, 6.45) is 4.17. The van der Waals surface area contributed by atoms with Crippen LogP contribution in [0.5, 0.6) is 5.75 Å². The maximum Gasteiger partial charge on any atom is 0.239 e. The second-order valence-corrected chi connectivity index (χ2v) is 11.2. The molecule has 0 bridgehead atoms. The van der Waals surface area contributed by atoms with Gasteiger partial charge < -0.3 is 15.8 Å². The van der Waals surface area contributed by atoms with E-state index in [1.165, 1.54) is 24.7 Å². The average Bonchev–Trinajstić information content (AvgIpc) is 3.13. The molecule has 1 aliphatic rings. The smallest absolute Gasteiger partial charge is 0.239 e. The molecule has 3 aromatic rings. The molecule has 0 fully saturated rings. The summed E-state index contributed by atoms with van der Waals surface area (Å²) in [4.78, 5) is 24.0. The first kappa shape index (κ1) is 22.6. The van der Waals surface area contributed by atoms with Crippen LogP contribution in [-0.2, 0) is 27.7 Å². The number of nitrogens with zero attached hydrogens (tertiary/aromatic N) is 3. The van der Waals surface area contributed by atoms with Crippen LogP contribution in [0.2, 0.25) is 0 Å². The molecule has 1 aliphatic carbocycles. The molecule has 170 valence electrons. The second-order valence-electron chi connectivity index (χ2n) is 7.65. The Morgan fingerprint density at radius 1 is 1.38 bits per heavy atom. The molecule has 2 heterocycles. The van der Waals surface area contributed by atoms with Gasteiger partial charge in [0.1, 0.15) is 22.7 Å². The van der Waals surface area contributed by atoms with Crippen molar-refractivity contribution in [3.05, 3.63) is 28.9 Å². The number of ether oxygens (including phenoxy) is 1. The summed E-state index contributed by atoms with van der Waals surface area (Å²) in [5.41, 5.74) is 8.19. The van der Waals surface area contributed by atoms with Crippen molar-refractivity contribution in [2.75, 3.05) is 31.5 Å². The number of fused-ring (bicyclic) bond motifs is 3. The fourth-order valence-electron chi connectivity index (χ4n) is 3.81. The molecule has 1 atom stereocenters. The van der Waals surface area contributed by atoms with Gasteiger partial charge in [-0.2, -0.15) is 0 Å². The molecule has 1 aromatic carbocycles. The first-order chi connectivity index (χ1) is 15.1. The number of aryl methyl sites for hydroxylation is 1. The molecule has 9 nitrogen and oxygen atoms in total. The van der Waals surface area contributed by atoms with E-state index in [0.717, 1.165) is 31.2 Å². The Morgan fingerprint density at radius 3 is 2.81 bits per heavy atom. The highest BCUT2D eigenvalue weighted by atomic mass is 32.2. The van der Waals surface area contributed by atoms with Crippen LogP contribution in [0.1, 0.15) is 16.9 Å². The van der Waals surface area contributed by atoms with Crippen LogP contribution in [0.15, 0.2) is 23.4 Å². The van der Waals surface area contributed by atoms with E-state index < -0.39 is 10.0 Å². The number of carbonyl (C=O) groups excluding carboxylic acids is 1. The fraction of sp³-hybridized carbons (Fsp3) is 0.350. The molecule has 3 N–H and O–H groups in total. The quantitative estimate of drug-likeness (QED) is 0.366. The van der Waals surface area contributed by atoms with Gasteiger partial charge in [-0.25, -0.2) is 22.7 Å². The molecule has 4 rings (SSSR count). The van der Waals surface area contributed by atoms with E-state index in [2.05, 4.69) is 27.9 Å². The number of nitrogen functional groups attached to an aromatic ring is 1. The third kappa shape index (κ3) is 4.09. The lowest BCUT2D eigenvalue weighted by molar-refractivity contribution is -0.130. The van der Waals surface area contributed by atoms with E-state index in [1.807, 2.05) is 0 Å². The topological polar surface area (TPSA) is 128 Å². The zero-order chi connectivity index (χ0) is 23.2. The van der Waals surface area contributed by atoms with Gasteiger partial charge >= 0.3 is 0 Å². The van der Waals surface area contributed by atoms with Crippen molar-refractivity contribution in [1.29, 1.82) is 0 Å². The van der Waals surface area contributed by atoms with Gasteiger partial charge in [0.25, 0.3) is 0 Å². The number of sulfonamides is 1. The lowest BCUT2D eigenvalue weighted by Gasteiger charge is -2.25. The monoisotopic (exact) mass is 493 g/mol. The molecule has 1 unspecified atom stereocenters. The lowest BCUT2D eigenvalue weighted by atomic mass is 9.87. The molecule has 12 heteroatoms. The zero-order valence-corrected chi connectivity index (χ0v) is 20.3. The number of rotatable bonds is 5. The number of carbonyl (C=O) groups is 1. The Kier molecular flexibility index (Phi) is 5.94. The van der Waals surface area contributed by atoms with E-state index in [9.17, 15) is 13.2 Å². The highest BCUT2D eigenvalue weighted by molar-refractivity contribution is 7.88. The number of hydrogen-bond acceptors (Lipinski definition) is 10. The third-order valence-corrected chi connectivity index (χ3v) is 8.33. The van der Waals surface area contributed by atoms with Gasteiger partial charge in [0.2, 0.25) is 15.9 Å². The van der Waals surface area contributed by atoms with Gasteiger partial charge in [-0.3, -0.25) is 4.79 Å². The Bertz CT molecular complexity index is 1320. The van der Waals surface area contributed by atoms with Gasteiger partial charge in [-0.1, -0.05) is 0 Å². The summed E-state index contributed by atoms with van der Waals surface area (Å²) < 4.78 is 29.8. The van der Waals surface area contributed by atoms with Crippen molar-refractivity contribution in [2.24, 2.45) is 5.92 Å². The van der Waals surface area contributed by atoms with Gasteiger partial charge in [0.15, 0.2) is 0 Å². The number of nitrogens with one attached hydrogen (secondary N) is 1. The Hall–Kier alpha value is -2.57. The van der Waals surface area contributed by atoms with Gasteiger partial charge in [-0.15, -0.1) is 24.0 Å². The van der Waals surface area contributed by atoms with Crippen molar-refractivity contribution in [2.45, 2.75) is 24.2 Å². The molecule has 0 radical (unpaired) electrons. The molecular formula is C20H23N5O4S3. The molecular weight excluding hydrogens is 470 g/mol. The van der Waals surface area contributed by atoms with Crippen molar-refractivity contribution in [3.8, 4) is 5.75 Å².